The van der Waals surface area contributed by atoms with Gasteiger partial charge in [0.05, 0.1) is 6.54 Å². The third-order valence-corrected chi connectivity index (χ3v) is 4.08. The maximum absolute atomic E-state index is 12.0. The van der Waals surface area contributed by atoms with Crippen LogP contribution < -0.4 is 16.0 Å². The third kappa shape index (κ3) is 11.5. The Balaban J connectivity index is 0.00000625. The first-order valence-corrected chi connectivity index (χ1v) is 9.21. The van der Waals surface area contributed by atoms with Crippen LogP contribution in [0.2, 0.25) is 0 Å². The number of likely N-dealkylation sites (N-methyl/N-ethyl adjacent to an activating group) is 1. The van der Waals surface area contributed by atoms with Crippen LogP contribution in [0, 0.1) is 5.92 Å². The van der Waals surface area contributed by atoms with Crippen LogP contribution in [0.5, 0.6) is 0 Å². The Labute approximate surface area is 175 Å². The molecule has 0 aliphatic heterocycles. The van der Waals surface area contributed by atoms with E-state index in [-0.39, 0.29) is 54.4 Å². The van der Waals surface area contributed by atoms with Crippen molar-refractivity contribution in [1.82, 2.24) is 20.9 Å². The molecule has 2 amide bonds. The van der Waals surface area contributed by atoms with Gasteiger partial charge in [-0.15, -0.1) is 24.0 Å². The van der Waals surface area contributed by atoms with Gasteiger partial charge in [0.25, 0.3) is 0 Å². The van der Waals surface area contributed by atoms with Crippen LogP contribution in [0.25, 0.3) is 0 Å². The van der Waals surface area contributed by atoms with E-state index < -0.39 is 0 Å². The summed E-state index contributed by atoms with van der Waals surface area (Å²) >= 11 is 0. The van der Waals surface area contributed by atoms with Gasteiger partial charge in [-0.1, -0.05) is 19.3 Å². The molecule has 1 fully saturated rings. The summed E-state index contributed by atoms with van der Waals surface area (Å²) in [5, 5.41) is 9.20. The fraction of sp³-hybridized carbons (Fsp3) is 0.833. The summed E-state index contributed by atoms with van der Waals surface area (Å²) in [6.07, 6.45) is 6.32. The second-order valence-corrected chi connectivity index (χ2v) is 7.99. The van der Waals surface area contributed by atoms with Crippen LogP contribution in [-0.4, -0.2) is 61.9 Å². The van der Waals surface area contributed by atoms with E-state index in [4.69, 9.17) is 0 Å². The molecule has 0 aromatic heterocycles. The molecule has 152 valence electrons. The quantitative estimate of drug-likeness (QED) is 0.307. The molecule has 0 aromatic carbocycles. The smallest absolute Gasteiger partial charge is 0.242 e. The van der Waals surface area contributed by atoms with E-state index in [9.17, 15) is 9.59 Å². The summed E-state index contributed by atoms with van der Waals surface area (Å²) in [5.41, 5.74) is -0.281. The van der Waals surface area contributed by atoms with Crippen molar-refractivity contribution in [2.75, 3.05) is 33.7 Å². The van der Waals surface area contributed by atoms with Crippen molar-refractivity contribution < 1.29 is 9.59 Å². The largest absolute Gasteiger partial charge is 0.356 e. The number of nitrogens with zero attached hydrogens (tertiary/aromatic N) is 2. The molecular formula is C18H36IN5O2. The predicted molar refractivity (Wildman–Crippen MR) is 117 cm³/mol. The van der Waals surface area contributed by atoms with Crippen LogP contribution >= 0.6 is 24.0 Å². The zero-order valence-electron chi connectivity index (χ0n) is 16.9. The summed E-state index contributed by atoms with van der Waals surface area (Å²) in [5.74, 6) is 0.982. The van der Waals surface area contributed by atoms with Crippen molar-refractivity contribution in [3.8, 4) is 0 Å². The first kappa shape index (κ1) is 24.9. The number of guanidine groups is 1. The van der Waals surface area contributed by atoms with E-state index >= 15 is 0 Å². The lowest BCUT2D eigenvalue weighted by Gasteiger charge is -2.23. The van der Waals surface area contributed by atoms with E-state index in [0.717, 1.165) is 6.54 Å². The Morgan fingerprint density at radius 2 is 1.69 bits per heavy atom. The predicted octanol–water partition coefficient (Wildman–Crippen LogP) is 1.72. The summed E-state index contributed by atoms with van der Waals surface area (Å²) in [7, 11) is 3.43. The summed E-state index contributed by atoms with van der Waals surface area (Å²) in [4.78, 5) is 29.6. The maximum Gasteiger partial charge on any atom is 0.242 e. The van der Waals surface area contributed by atoms with Crippen molar-refractivity contribution in [2.24, 2.45) is 10.9 Å². The topological polar surface area (TPSA) is 85.8 Å². The van der Waals surface area contributed by atoms with Gasteiger partial charge in [-0.25, -0.2) is 4.99 Å². The van der Waals surface area contributed by atoms with Crippen LogP contribution in [0.4, 0.5) is 0 Å². The Kier molecular flexibility index (Phi) is 11.8. The van der Waals surface area contributed by atoms with Gasteiger partial charge in [0.15, 0.2) is 5.96 Å². The van der Waals surface area contributed by atoms with Crippen LogP contribution in [-0.2, 0) is 9.59 Å². The molecule has 1 saturated carbocycles. The number of carbonyl (C=O) groups excluding carboxylic acids is 2. The van der Waals surface area contributed by atoms with Crippen LogP contribution in [0.15, 0.2) is 4.99 Å². The summed E-state index contributed by atoms with van der Waals surface area (Å²) in [6.45, 7) is 6.82. The Hall–Kier alpha value is -1.06. The normalized spacial score (nSPS) is 15.7. The van der Waals surface area contributed by atoms with Crippen molar-refractivity contribution in [3.63, 3.8) is 0 Å². The lowest BCUT2D eigenvalue weighted by Crippen LogP contribution is -2.46. The van der Waals surface area contributed by atoms with E-state index in [1.807, 2.05) is 20.8 Å². The highest BCUT2D eigenvalue weighted by molar-refractivity contribution is 14.0. The Morgan fingerprint density at radius 3 is 2.23 bits per heavy atom. The SMILES string of the molecule is CN(C)C(=O)CNC(=NCC(=O)NC(C)(C)C)NCC1CCCCC1.I. The average Bonchev–Trinajstić information content (AvgIpc) is 2.53. The zero-order valence-corrected chi connectivity index (χ0v) is 19.2. The van der Waals surface area contributed by atoms with E-state index in [1.54, 1.807) is 14.1 Å². The van der Waals surface area contributed by atoms with Gasteiger partial charge < -0.3 is 20.9 Å². The Morgan fingerprint density at radius 1 is 1.08 bits per heavy atom. The Bertz CT molecular complexity index is 469. The molecule has 0 saturated heterocycles. The van der Waals surface area contributed by atoms with Crippen LogP contribution in [0.1, 0.15) is 52.9 Å². The van der Waals surface area contributed by atoms with Gasteiger partial charge in [-0.05, 0) is 39.5 Å². The van der Waals surface area contributed by atoms with Crippen molar-refractivity contribution in [2.45, 2.75) is 58.4 Å². The lowest BCUT2D eigenvalue weighted by atomic mass is 9.89. The number of aliphatic imine (C=N–C) groups is 1. The molecule has 0 bridgehead atoms. The average molecular weight is 481 g/mol. The minimum atomic E-state index is -0.281. The van der Waals surface area contributed by atoms with Gasteiger partial charge in [-0.3, -0.25) is 9.59 Å². The molecule has 0 aromatic rings. The molecule has 26 heavy (non-hydrogen) atoms. The second kappa shape index (κ2) is 12.3. The van der Waals surface area contributed by atoms with Gasteiger partial charge >= 0.3 is 0 Å². The van der Waals surface area contributed by atoms with Gasteiger partial charge in [0, 0.05) is 26.2 Å². The molecule has 8 heteroatoms. The molecule has 0 radical (unpaired) electrons. The fourth-order valence-electron chi connectivity index (χ4n) is 2.73. The molecule has 3 N–H and O–H groups in total. The van der Waals surface area contributed by atoms with Crippen LogP contribution in [0.3, 0.4) is 0 Å². The minimum Gasteiger partial charge on any atom is -0.356 e. The number of halogens is 1. The zero-order chi connectivity index (χ0) is 18.9. The first-order valence-electron chi connectivity index (χ1n) is 9.21. The first-order chi connectivity index (χ1) is 11.7. The minimum absolute atomic E-state index is 0. The molecule has 0 unspecified atom stereocenters. The molecule has 1 rings (SSSR count). The van der Waals surface area contributed by atoms with E-state index in [0.29, 0.717) is 11.9 Å². The number of hydrogen-bond donors (Lipinski definition) is 3. The molecule has 0 atom stereocenters. The number of nitrogens with one attached hydrogen (secondary N) is 3. The third-order valence-electron chi connectivity index (χ3n) is 4.08. The number of carbonyl (C=O) groups is 2. The van der Waals surface area contributed by atoms with Crippen molar-refractivity contribution in [3.05, 3.63) is 0 Å². The van der Waals surface area contributed by atoms with Crippen molar-refractivity contribution in [1.29, 1.82) is 0 Å². The number of hydrogen-bond acceptors (Lipinski definition) is 3. The standard InChI is InChI=1S/C18H35N5O2.HI/c1-18(2,3)22-15(24)12-20-17(21-13-16(25)23(4)5)19-11-14-9-7-6-8-10-14;/h14H,6-13H2,1-5H3,(H,22,24)(H2,19,20,21);1H. The van der Waals surface area contributed by atoms with Gasteiger partial charge in [0.1, 0.15) is 6.54 Å². The highest BCUT2D eigenvalue weighted by Gasteiger charge is 2.16. The molecule has 1 aliphatic rings. The number of rotatable bonds is 6. The maximum atomic E-state index is 12.0. The van der Waals surface area contributed by atoms with E-state index in [1.165, 1.54) is 37.0 Å². The fourth-order valence-corrected chi connectivity index (χ4v) is 2.73. The highest BCUT2D eigenvalue weighted by Crippen LogP contribution is 2.22. The van der Waals surface area contributed by atoms with Gasteiger partial charge in [0.2, 0.25) is 11.8 Å². The van der Waals surface area contributed by atoms with Gasteiger partial charge in [-0.2, -0.15) is 0 Å². The lowest BCUT2D eigenvalue weighted by molar-refractivity contribution is -0.127. The molecule has 1 aliphatic carbocycles. The summed E-state index contributed by atoms with van der Waals surface area (Å²) in [6, 6.07) is 0. The monoisotopic (exact) mass is 481 g/mol. The molecule has 0 spiro atoms. The molecular weight excluding hydrogens is 445 g/mol. The summed E-state index contributed by atoms with van der Waals surface area (Å²) < 4.78 is 0. The van der Waals surface area contributed by atoms with Crippen molar-refractivity contribution >= 4 is 41.8 Å². The molecule has 0 heterocycles. The second-order valence-electron chi connectivity index (χ2n) is 7.99. The molecule has 7 nitrogen and oxygen atoms in total. The number of amides is 2. The highest BCUT2D eigenvalue weighted by atomic mass is 127. The van der Waals surface area contributed by atoms with E-state index in [2.05, 4.69) is 20.9 Å².